The quantitative estimate of drug-likeness (QED) is 0.536. The highest BCUT2D eigenvalue weighted by Crippen LogP contribution is 2.32. The van der Waals surface area contributed by atoms with Gasteiger partial charge in [0.05, 0.1) is 10.3 Å². The number of rotatable bonds is 6. The summed E-state index contributed by atoms with van der Waals surface area (Å²) >= 11 is 1.50. The van der Waals surface area contributed by atoms with Crippen molar-refractivity contribution >= 4 is 33.1 Å². The molecule has 0 aliphatic heterocycles. The highest BCUT2D eigenvalue weighted by atomic mass is 32.1. The molecule has 8 heteroatoms. The van der Waals surface area contributed by atoms with Gasteiger partial charge in [0.1, 0.15) is 10.6 Å². The number of thiophene rings is 1. The Kier molecular flexibility index (Phi) is 4.91. The summed E-state index contributed by atoms with van der Waals surface area (Å²) in [7, 11) is 1.91. The molecule has 3 aromatic rings. The molecular weight excluding hydrogens is 340 g/mol. The highest BCUT2D eigenvalue weighted by molar-refractivity contribution is 7.16. The largest absolute Gasteiger partial charge is 0.396 e. The maximum absolute atomic E-state index is 11.2. The molecule has 3 rings (SSSR count). The van der Waals surface area contributed by atoms with Crippen LogP contribution in [0.15, 0.2) is 29.6 Å². The number of aliphatic hydroxyl groups is 1. The minimum atomic E-state index is -0.392. The first kappa shape index (κ1) is 17.2. The first-order valence-electron chi connectivity index (χ1n) is 7.84. The second kappa shape index (κ2) is 7.12. The Balaban J connectivity index is 2.11. The molecule has 2 aromatic heterocycles. The van der Waals surface area contributed by atoms with Crippen LogP contribution in [-0.4, -0.2) is 40.2 Å². The Morgan fingerprint density at radius 3 is 2.84 bits per heavy atom. The van der Waals surface area contributed by atoms with Crippen LogP contribution in [0.1, 0.15) is 12.0 Å². The molecule has 0 amide bonds. The summed E-state index contributed by atoms with van der Waals surface area (Å²) in [6.07, 6.45) is 0.636. The number of aliphatic hydroxyl groups excluding tert-OH is 1. The van der Waals surface area contributed by atoms with E-state index in [1.165, 1.54) is 17.4 Å². The van der Waals surface area contributed by atoms with E-state index < -0.39 is 4.92 Å². The van der Waals surface area contributed by atoms with Gasteiger partial charge in [-0.2, -0.15) is 0 Å². The second-order valence-corrected chi connectivity index (χ2v) is 6.66. The lowest BCUT2D eigenvalue weighted by Crippen LogP contribution is -2.21. The zero-order valence-corrected chi connectivity index (χ0v) is 14.8. The van der Waals surface area contributed by atoms with E-state index in [-0.39, 0.29) is 12.3 Å². The van der Waals surface area contributed by atoms with Crippen molar-refractivity contribution in [2.45, 2.75) is 13.3 Å². The fourth-order valence-electron chi connectivity index (χ4n) is 2.62. The third kappa shape index (κ3) is 3.45. The lowest BCUT2D eigenvalue weighted by Gasteiger charge is -2.19. The van der Waals surface area contributed by atoms with Gasteiger partial charge < -0.3 is 10.0 Å². The first-order chi connectivity index (χ1) is 12.0. The summed E-state index contributed by atoms with van der Waals surface area (Å²) in [5.41, 5.74) is 1.28. The molecule has 0 aliphatic carbocycles. The summed E-state index contributed by atoms with van der Waals surface area (Å²) in [5, 5.41) is 23.1. The van der Waals surface area contributed by atoms with Gasteiger partial charge in [0.15, 0.2) is 5.82 Å². The molecule has 0 aliphatic rings. The molecule has 1 aromatic carbocycles. The standard InChI is InChI=1S/C17H18N4O3S/c1-11-4-5-12(10-14(11)21(23)24)15-18-16(20(2)7-3-8-22)13-6-9-25-17(13)19-15/h4-6,9-10,22H,3,7-8H2,1-2H3. The normalized spacial score (nSPS) is 11.0. The molecule has 1 N–H and O–H groups in total. The summed E-state index contributed by atoms with van der Waals surface area (Å²) < 4.78 is 0. The van der Waals surface area contributed by atoms with E-state index in [1.54, 1.807) is 19.1 Å². The van der Waals surface area contributed by atoms with Crippen molar-refractivity contribution in [1.82, 2.24) is 9.97 Å². The SMILES string of the molecule is Cc1ccc(-c2nc(N(C)CCCO)c3ccsc3n2)cc1[N+](=O)[O-]. The maximum atomic E-state index is 11.2. The average molecular weight is 358 g/mol. The van der Waals surface area contributed by atoms with E-state index >= 15 is 0 Å². The van der Waals surface area contributed by atoms with E-state index in [0.29, 0.717) is 29.9 Å². The lowest BCUT2D eigenvalue weighted by atomic mass is 10.1. The highest BCUT2D eigenvalue weighted by Gasteiger charge is 2.17. The van der Waals surface area contributed by atoms with Crippen LogP contribution in [0.25, 0.3) is 21.6 Å². The van der Waals surface area contributed by atoms with E-state index in [1.807, 2.05) is 23.4 Å². The van der Waals surface area contributed by atoms with Crippen LogP contribution < -0.4 is 4.90 Å². The van der Waals surface area contributed by atoms with Crippen molar-refractivity contribution < 1.29 is 10.0 Å². The zero-order valence-electron chi connectivity index (χ0n) is 14.0. The average Bonchev–Trinajstić information content (AvgIpc) is 3.07. The van der Waals surface area contributed by atoms with Gasteiger partial charge in [0.25, 0.3) is 5.69 Å². The minimum Gasteiger partial charge on any atom is -0.396 e. The smallest absolute Gasteiger partial charge is 0.273 e. The molecule has 0 radical (unpaired) electrons. The molecule has 0 saturated heterocycles. The molecule has 25 heavy (non-hydrogen) atoms. The second-order valence-electron chi connectivity index (χ2n) is 5.77. The van der Waals surface area contributed by atoms with Gasteiger partial charge in [0.2, 0.25) is 0 Å². The number of aryl methyl sites for hydroxylation is 1. The van der Waals surface area contributed by atoms with Gasteiger partial charge in [-0.3, -0.25) is 10.1 Å². The molecule has 2 heterocycles. The topological polar surface area (TPSA) is 92.4 Å². The third-order valence-electron chi connectivity index (χ3n) is 3.98. The molecule has 0 spiro atoms. The fraction of sp³-hybridized carbons (Fsp3) is 0.294. The minimum absolute atomic E-state index is 0.0579. The van der Waals surface area contributed by atoms with Gasteiger partial charge in [-0.25, -0.2) is 9.97 Å². The molecule has 0 bridgehead atoms. The predicted molar refractivity (Wildman–Crippen MR) is 99.2 cm³/mol. The third-order valence-corrected chi connectivity index (χ3v) is 4.79. The van der Waals surface area contributed by atoms with Crippen LogP contribution in [0.2, 0.25) is 0 Å². The number of aromatic nitrogens is 2. The number of hydrogen-bond acceptors (Lipinski definition) is 7. The van der Waals surface area contributed by atoms with E-state index in [0.717, 1.165) is 16.0 Å². The number of hydrogen-bond donors (Lipinski definition) is 1. The van der Waals surface area contributed by atoms with Crippen LogP contribution in [-0.2, 0) is 0 Å². The van der Waals surface area contributed by atoms with Gasteiger partial charge in [-0.1, -0.05) is 12.1 Å². The van der Waals surface area contributed by atoms with E-state index in [9.17, 15) is 10.1 Å². The first-order valence-corrected chi connectivity index (χ1v) is 8.72. The van der Waals surface area contributed by atoms with Gasteiger partial charge in [0, 0.05) is 37.4 Å². The molecular formula is C17H18N4O3S. The molecule has 130 valence electrons. The number of nitro groups is 1. The summed E-state index contributed by atoms with van der Waals surface area (Å²) in [4.78, 5) is 22.8. The Hall–Kier alpha value is -2.58. The fourth-order valence-corrected chi connectivity index (χ4v) is 3.38. The summed E-state index contributed by atoms with van der Waals surface area (Å²) in [6, 6.07) is 6.99. The van der Waals surface area contributed by atoms with Crippen LogP contribution in [0, 0.1) is 17.0 Å². The molecule has 0 unspecified atom stereocenters. The van der Waals surface area contributed by atoms with Crippen molar-refractivity contribution in [2.75, 3.05) is 25.1 Å². The van der Waals surface area contributed by atoms with Crippen LogP contribution in [0.4, 0.5) is 11.5 Å². The van der Waals surface area contributed by atoms with Gasteiger partial charge in [-0.05, 0) is 24.8 Å². The van der Waals surface area contributed by atoms with Crippen LogP contribution in [0.3, 0.4) is 0 Å². The van der Waals surface area contributed by atoms with Gasteiger partial charge >= 0.3 is 0 Å². The number of nitrogens with zero attached hydrogens (tertiary/aromatic N) is 4. The van der Waals surface area contributed by atoms with Crippen molar-refractivity contribution in [1.29, 1.82) is 0 Å². The van der Waals surface area contributed by atoms with Crippen molar-refractivity contribution in [3.05, 3.63) is 45.3 Å². The number of anilines is 1. The van der Waals surface area contributed by atoms with E-state index in [4.69, 9.17) is 5.11 Å². The predicted octanol–water partition coefficient (Wildman–Crippen LogP) is 3.39. The van der Waals surface area contributed by atoms with E-state index in [2.05, 4.69) is 9.97 Å². The Morgan fingerprint density at radius 2 is 2.12 bits per heavy atom. The molecule has 0 fully saturated rings. The van der Waals surface area contributed by atoms with Crippen molar-refractivity contribution in [3.63, 3.8) is 0 Å². The zero-order chi connectivity index (χ0) is 18.0. The number of fused-ring (bicyclic) bond motifs is 1. The van der Waals surface area contributed by atoms with Gasteiger partial charge in [-0.15, -0.1) is 11.3 Å². The number of benzene rings is 1. The van der Waals surface area contributed by atoms with Crippen LogP contribution >= 0.6 is 11.3 Å². The maximum Gasteiger partial charge on any atom is 0.273 e. The monoisotopic (exact) mass is 358 g/mol. The van der Waals surface area contributed by atoms with Crippen LogP contribution in [0.5, 0.6) is 0 Å². The summed E-state index contributed by atoms with van der Waals surface area (Å²) in [6.45, 7) is 2.48. The van der Waals surface area contributed by atoms with Crippen molar-refractivity contribution in [3.8, 4) is 11.4 Å². The number of nitro benzene ring substituents is 1. The molecule has 7 nitrogen and oxygen atoms in total. The lowest BCUT2D eigenvalue weighted by molar-refractivity contribution is -0.385. The van der Waals surface area contributed by atoms with Crippen molar-refractivity contribution in [2.24, 2.45) is 0 Å². The molecule has 0 saturated carbocycles. The Bertz CT molecular complexity index is 925. The Labute approximate surface area is 148 Å². The Morgan fingerprint density at radius 1 is 1.32 bits per heavy atom. The molecule has 0 atom stereocenters. The summed E-state index contributed by atoms with van der Waals surface area (Å²) in [5.74, 6) is 1.22.